The van der Waals surface area contributed by atoms with Gasteiger partial charge >= 0.3 is 0 Å². The highest BCUT2D eigenvalue weighted by atomic mass is 14.2. The summed E-state index contributed by atoms with van der Waals surface area (Å²) >= 11 is 0. The molecule has 40 valence electrons. The maximum Gasteiger partial charge on any atom is -0.0172 e. The van der Waals surface area contributed by atoms with Crippen LogP contribution >= 0.6 is 0 Å². The quantitative estimate of drug-likeness (QED) is 0.406. The van der Waals surface area contributed by atoms with E-state index >= 15 is 0 Å². The Morgan fingerprint density at radius 2 is 2.14 bits per heavy atom. The molecule has 1 rings (SSSR count). The van der Waals surface area contributed by atoms with Crippen LogP contribution in [0.4, 0.5) is 0 Å². The molecule has 0 bridgehead atoms. The van der Waals surface area contributed by atoms with Crippen molar-refractivity contribution in [2.24, 2.45) is 5.41 Å². The van der Waals surface area contributed by atoms with Crippen molar-refractivity contribution in [2.75, 3.05) is 0 Å². The smallest absolute Gasteiger partial charge is 0.0172 e. The predicted molar refractivity (Wildman–Crippen MR) is 32.2 cm³/mol. The zero-order chi connectivity index (χ0) is 5.33. The third-order valence-corrected chi connectivity index (χ3v) is 1.52. The molecule has 0 amide bonds. The zero-order valence-electron chi connectivity index (χ0n) is 5.07. The lowest BCUT2D eigenvalue weighted by molar-refractivity contribution is 0.470. The summed E-state index contributed by atoms with van der Waals surface area (Å²) in [5, 5.41) is 0. The molecule has 0 aliphatic heterocycles. The number of hydrogen-bond acceptors (Lipinski definition) is 0. The molecule has 0 aromatic heterocycles. The number of hydrogen-bond donors (Lipinski definition) is 0. The lowest BCUT2D eigenvalue weighted by atomic mass is 9.94. The van der Waals surface area contributed by atoms with E-state index in [0.717, 1.165) is 0 Å². The summed E-state index contributed by atoms with van der Waals surface area (Å²) in [6.07, 6.45) is 7.19. The first-order chi connectivity index (χ1) is 3.21. The highest BCUT2D eigenvalue weighted by molar-refractivity contribution is 5.01. The SMILES string of the molecule is CC1(C)C=CCC1. The van der Waals surface area contributed by atoms with E-state index in [1.807, 2.05) is 0 Å². The second-order valence-electron chi connectivity index (χ2n) is 2.93. The first kappa shape index (κ1) is 4.89. The van der Waals surface area contributed by atoms with Gasteiger partial charge in [0.15, 0.2) is 0 Å². The Morgan fingerprint density at radius 1 is 1.43 bits per heavy atom. The molecular weight excluding hydrogens is 84.1 g/mol. The minimum absolute atomic E-state index is 0.514. The van der Waals surface area contributed by atoms with E-state index in [-0.39, 0.29) is 0 Å². The van der Waals surface area contributed by atoms with Gasteiger partial charge < -0.3 is 0 Å². The van der Waals surface area contributed by atoms with E-state index in [0.29, 0.717) is 5.41 Å². The van der Waals surface area contributed by atoms with Crippen LogP contribution in [0.5, 0.6) is 0 Å². The summed E-state index contributed by atoms with van der Waals surface area (Å²) in [6, 6.07) is 0. The van der Waals surface area contributed by atoms with Crippen LogP contribution in [0.2, 0.25) is 0 Å². The fourth-order valence-electron chi connectivity index (χ4n) is 0.941. The molecule has 0 saturated heterocycles. The predicted octanol–water partition coefficient (Wildman–Crippen LogP) is 2.36. The van der Waals surface area contributed by atoms with Gasteiger partial charge in [-0.3, -0.25) is 0 Å². The standard InChI is InChI=1S/C7H12/c1-7(2)5-3-4-6-7/h3,5H,4,6H2,1-2H3. The summed E-state index contributed by atoms with van der Waals surface area (Å²) in [4.78, 5) is 0. The normalized spacial score (nSPS) is 26.0. The maximum absolute atomic E-state index is 2.30. The molecule has 1 aliphatic carbocycles. The van der Waals surface area contributed by atoms with Gasteiger partial charge in [-0.1, -0.05) is 26.0 Å². The monoisotopic (exact) mass is 96.1 g/mol. The van der Waals surface area contributed by atoms with Crippen molar-refractivity contribution in [1.82, 2.24) is 0 Å². The number of rotatable bonds is 0. The molecule has 0 radical (unpaired) electrons. The Labute approximate surface area is 45.2 Å². The van der Waals surface area contributed by atoms with Crippen molar-refractivity contribution in [3.8, 4) is 0 Å². The molecule has 0 saturated carbocycles. The first-order valence-electron chi connectivity index (χ1n) is 2.88. The molecule has 0 spiro atoms. The molecule has 0 fully saturated rings. The van der Waals surface area contributed by atoms with Gasteiger partial charge in [0.1, 0.15) is 0 Å². The van der Waals surface area contributed by atoms with E-state index in [1.165, 1.54) is 12.8 Å². The Kier molecular flexibility index (Phi) is 0.949. The Bertz CT molecular complexity index is 88.2. The Hall–Kier alpha value is -0.260. The van der Waals surface area contributed by atoms with Gasteiger partial charge in [-0.05, 0) is 18.3 Å². The van der Waals surface area contributed by atoms with E-state index in [1.54, 1.807) is 0 Å². The summed E-state index contributed by atoms with van der Waals surface area (Å²) in [7, 11) is 0. The van der Waals surface area contributed by atoms with Crippen LogP contribution < -0.4 is 0 Å². The molecule has 1 aliphatic rings. The molecule has 0 heteroatoms. The van der Waals surface area contributed by atoms with Gasteiger partial charge in [0.05, 0.1) is 0 Å². The molecule has 0 aromatic carbocycles. The van der Waals surface area contributed by atoms with E-state index in [2.05, 4.69) is 26.0 Å². The van der Waals surface area contributed by atoms with Crippen LogP contribution in [0.3, 0.4) is 0 Å². The van der Waals surface area contributed by atoms with E-state index < -0.39 is 0 Å². The summed E-state index contributed by atoms with van der Waals surface area (Å²) < 4.78 is 0. The number of allylic oxidation sites excluding steroid dienone is 2. The second kappa shape index (κ2) is 1.36. The lowest BCUT2D eigenvalue weighted by Crippen LogP contribution is -2.00. The van der Waals surface area contributed by atoms with Gasteiger partial charge in [0.2, 0.25) is 0 Å². The molecule has 0 aromatic rings. The van der Waals surface area contributed by atoms with Crippen molar-refractivity contribution in [3.63, 3.8) is 0 Å². The lowest BCUT2D eigenvalue weighted by Gasteiger charge is -2.11. The van der Waals surface area contributed by atoms with Crippen LogP contribution in [-0.2, 0) is 0 Å². The second-order valence-corrected chi connectivity index (χ2v) is 2.93. The molecule has 0 unspecified atom stereocenters. The van der Waals surface area contributed by atoms with Crippen LogP contribution in [0.1, 0.15) is 26.7 Å². The molecule has 0 nitrogen and oxygen atoms in total. The van der Waals surface area contributed by atoms with Crippen molar-refractivity contribution in [1.29, 1.82) is 0 Å². The maximum atomic E-state index is 2.30. The molecule has 7 heavy (non-hydrogen) atoms. The van der Waals surface area contributed by atoms with Gasteiger partial charge in [0.25, 0.3) is 0 Å². The molecular formula is C7H12. The highest BCUT2D eigenvalue weighted by Gasteiger charge is 2.15. The summed E-state index contributed by atoms with van der Waals surface area (Å²) in [5.41, 5.74) is 0.514. The fraction of sp³-hybridized carbons (Fsp3) is 0.714. The largest absolute Gasteiger partial charge is 0.0880 e. The highest BCUT2D eigenvalue weighted by Crippen LogP contribution is 2.29. The van der Waals surface area contributed by atoms with Crippen molar-refractivity contribution >= 4 is 0 Å². The zero-order valence-corrected chi connectivity index (χ0v) is 5.07. The van der Waals surface area contributed by atoms with Crippen LogP contribution in [0, 0.1) is 5.41 Å². The average molecular weight is 96.2 g/mol. The Balaban J connectivity index is 2.57. The third-order valence-electron chi connectivity index (χ3n) is 1.52. The van der Waals surface area contributed by atoms with Gasteiger partial charge in [0, 0.05) is 0 Å². The fourth-order valence-corrected chi connectivity index (χ4v) is 0.941. The van der Waals surface area contributed by atoms with Crippen LogP contribution in [0.15, 0.2) is 12.2 Å². The average Bonchev–Trinajstić information content (AvgIpc) is 1.84. The van der Waals surface area contributed by atoms with Crippen molar-refractivity contribution < 1.29 is 0 Å². The van der Waals surface area contributed by atoms with Crippen molar-refractivity contribution in [2.45, 2.75) is 26.7 Å². The van der Waals surface area contributed by atoms with Gasteiger partial charge in [-0.15, -0.1) is 0 Å². The van der Waals surface area contributed by atoms with E-state index in [9.17, 15) is 0 Å². The van der Waals surface area contributed by atoms with E-state index in [4.69, 9.17) is 0 Å². The summed E-state index contributed by atoms with van der Waals surface area (Å²) in [5.74, 6) is 0. The first-order valence-corrected chi connectivity index (χ1v) is 2.88. The summed E-state index contributed by atoms with van der Waals surface area (Å²) in [6.45, 7) is 4.55. The minimum Gasteiger partial charge on any atom is -0.0880 e. The molecule has 0 atom stereocenters. The van der Waals surface area contributed by atoms with Crippen molar-refractivity contribution in [3.05, 3.63) is 12.2 Å². The minimum atomic E-state index is 0.514. The third kappa shape index (κ3) is 1.05. The van der Waals surface area contributed by atoms with Crippen LogP contribution in [0.25, 0.3) is 0 Å². The van der Waals surface area contributed by atoms with Crippen LogP contribution in [-0.4, -0.2) is 0 Å². The Morgan fingerprint density at radius 3 is 2.29 bits per heavy atom. The molecule has 0 N–H and O–H groups in total. The van der Waals surface area contributed by atoms with Gasteiger partial charge in [-0.25, -0.2) is 0 Å². The van der Waals surface area contributed by atoms with Gasteiger partial charge in [-0.2, -0.15) is 0 Å². The topological polar surface area (TPSA) is 0 Å². The molecule has 0 heterocycles.